The van der Waals surface area contributed by atoms with Gasteiger partial charge in [0.05, 0.1) is 79.7 Å². The molecular weight excluding hydrogens is 1840 g/mol. The topological polar surface area (TPSA) is 444 Å². The van der Waals surface area contributed by atoms with Crippen LogP contribution in [0.3, 0.4) is 0 Å². The second kappa shape index (κ2) is 47.0. The number of non-ortho nitro benzene ring substituents is 3. The van der Waals surface area contributed by atoms with Gasteiger partial charge in [0, 0.05) is 123 Å². The predicted octanol–water partition coefficient (Wildman–Crippen LogP) is 19.7. The molecule has 17 rings (SSSR count). The molecule has 3 aromatic heterocycles. The molecule has 1 unspecified atom stereocenters. The summed E-state index contributed by atoms with van der Waals surface area (Å²) in [7, 11) is 7.79. The van der Waals surface area contributed by atoms with E-state index >= 15 is 0 Å². The van der Waals surface area contributed by atoms with Crippen molar-refractivity contribution in [2.75, 3.05) is 92.6 Å². The zero-order valence-electron chi connectivity index (χ0n) is 75.9. The number of hydrogen-bond donors (Lipinski definition) is 5. The molecule has 6 amide bonds. The first-order valence-electron chi connectivity index (χ1n) is 42.9. The van der Waals surface area contributed by atoms with Gasteiger partial charge in [0.2, 0.25) is 5.91 Å². The quantitative estimate of drug-likeness (QED) is 0.0148. The SMILES string of the molecule is CCOCCOc1nc(-c2cccc(OC)c2)n(-c2ccc(NC(=O)c3cccc([N+](=O)[O-])c3)cc2)n1.COc1cccc(-c2nc(OC)nn2-c2ccc(NC(=O)c3cccc([N+](=O)[O-])c3)cc2)c1.COc1cccc(N2C(=O)CSC2c2cccc(NC(=O)c3cccc([N+](=O)[O-])c3)c2)c1.COc1cccc(NC(=O)Nc2ccc(-n3nc(OCc4ccc(F)cc4)nc3-c3cccc(F)c3)cc2)c1. The number of carbonyl (C=O) groups excluding carboxylic acids is 5. The third kappa shape index (κ3) is 26.1. The Kier molecular flexibility index (Phi) is 32.8. The number of hydrogen-bond acceptors (Lipinski definition) is 26. The van der Waals surface area contributed by atoms with Crippen molar-refractivity contribution < 1.29 is 85.4 Å². The number of aromatic nitrogens is 9. The van der Waals surface area contributed by atoms with Gasteiger partial charge in [0.1, 0.15) is 53.2 Å². The number of nitro benzene ring substituents is 3. The van der Waals surface area contributed by atoms with Crippen LogP contribution < -0.4 is 64.6 Å². The Morgan fingerprint density at radius 2 is 0.787 bits per heavy atom. The van der Waals surface area contributed by atoms with E-state index < -0.39 is 44.3 Å². The van der Waals surface area contributed by atoms with Gasteiger partial charge in [0.25, 0.3) is 34.8 Å². The van der Waals surface area contributed by atoms with Crippen molar-refractivity contribution in [1.82, 2.24) is 44.3 Å². The van der Waals surface area contributed by atoms with Crippen LogP contribution in [0.15, 0.2) is 315 Å². The highest BCUT2D eigenvalue weighted by atomic mass is 32.2. The molecule has 0 radical (unpaired) electrons. The molecule has 13 aromatic carbocycles. The summed E-state index contributed by atoms with van der Waals surface area (Å²) in [5, 5.41) is 59.8. The minimum absolute atomic E-state index is 0.0145. The molecule has 714 valence electrons. The molecule has 0 aliphatic carbocycles. The van der Waals surface area contributed by atoms with E-state index in [1.807, 2.05) is 85.8 Å². The molecule has 1 aliphatic rings. The number of nitrogens with zero attached hydrogens (tertiary/aromatic N) is 13. The van der Waals surface area contributed by atoms with Crippen LogP contribution in [0.1, 0.15) is 54.5 Å². The summed E-state index contributed by atoms with van der Waals surface area (Å²) in [6, 6.07) is 85.7. The van der Waals surface area contributed by atoms with Crippen LogP contribution in [0, 0.1) is 42.0 Å². The highest BCUT2D eigenvalue weighted by Crippen LogP contribution is 2.44. The molecule has 37 nitrogen and oxygen atoms in total. The van der Waals surface area contributed by atoms with Crippen LogP contribution in [0.5, 0.6) is 41.0 Å². The van der Waals surface area contributed by atoms with E-state index in [0.29, 0.717) is 117 Å². The second-order valence-electron chi connectivity index (χ2n) is 30.0. The lowest BCUT2D eigenvalue weighted by atomic mass is 10.1. The molecule has 5 N–H and O–H groups in total. The highest BCUT2D eigenvalue weighted by Gasteiger charge is 2.35. The van der Waals surface area contributed by atoms with Gasteiger partial charge in [-0.2, -0.15) is 15.0 Å². The number of nitrogens with one attached hydrogen (secondary N) is 5. The molecular formula is C101H86F2N18O19S. The average Bonchev–Trinajstić information content (AvgIpc) is 1.67. The third-order valence-corrected chi connectivity index (χ3v) is 21.9. The van der Waals surface area contributed by atoms with E-state index in [0.717, 1.165) is 27.9 Å². The third-order valence-electron chi connectivity index (χ3n) is 20.7. The monoisotopic (exact) mass is 1920 g/mol. The van der Waals surface area contributed by atoms with E-state index in [4.69, 9.17) is 37.9 Å². The number of halogens is 2. The number of thioether (sulfide) groups is 1. The summed E-state index contributed by atoms with van der Waals surface area (Å²) in [4.78, 5) is 109. The molecule has 40 heteroatoms. The Labute approximate surface area is 807 Å². The van der Waals surface area contributed by atoms with Crippen molar-refractivity contribution in [1.29, 1.82) is 0 Å². The highest BCUT2D eigenvalue weighted by molar-refractivity contribution is 8.00. The average molecular weight is 1930 g/mol. The molecule has 16 aromatic rings. The van der Waals surface area contributed by atoms with E-state index in [2.05, 4.69) is 56.8 Å². The number of nitro groups is 3. The van der Waals surface area contributed by atoms with Crippen LogP contribution in [-0.2, 0) is 16.1 Å². The normalized spacial score (nSPS) is 11.7. The van der Waals surface area contributed by atoms with Gasteiger partial charge in [-0.3, -0.25) is 54.4 Å². The zero-order chi connectivity index (χ0) is 99.4. The second-order valence-corrected chi connectivity index (χ2v) is 31.1. The van der Waals surface area contributed by atoms with Crippen molar-refractivity contribution in [3.63, 3.8) is 0 Å². The smallest absolute Gasteiger partial charge is 0.336 e. The molecule has 1 saturated heterocycles. The van der Waals surface area contributed by atoms with Crippen molar-refractivity contribution >= 4 is 92.6 Å². The van der Waals surface area contributed by atoms with Gasteiger partial charge < -0.3 is 64.5 Å². The molecule has 141 heavy (non-hydrogen) atoms. The molecule has 1 atom stereocenters. The first kappa shape index (κ1) is 98.4. The summed E-state index contributed by atoms with van der Waals surface area (Å²) < 4.78 is 75.0. The number of methoxy groups -OCH3 is 5. The molecule has 0 spiro atoms. The maximum atomic E-state index is 14.0. The predicted molar refractivity (Wildman–Crippen MR) is 524 cm³/mol. The largest absolute Gasteiger partial charge is 0.497 e. The summed E-state index contributed by atoms with van der Waals surface area (Å²) in [6.07, 6.45) is 0. The number of anilines is 6. The molecule has 1 fully saturated rings. The Bertz CT molecular complexity index is 7180. The van der Waals surface area contributed by atoms with E-state index in [9.17, 15) is 63.1 Å². The summed E-state index contributed by atoms with van der Waals surface area (Å²) in [5.41, 5.74) is 9.15. The Morgan fingerprint density at radius 1 is 0.390 bits per heavy atom. The Hall–Kier alpha value is -18.6. The first-order valence-corrected chi connectivity index (χ1v) is 43.9. The number of benzene rings is 13. The van der Waals surface area contributed by atoms with Crippen LogP contribution in [0.25, 0.3) is 51.2 Å². The summed E-state index contributed by atoms with van der Waals surface area (Å²) in [5.74, 6) is 2.29. The molecule has 4 heterocycles. The zero-order valence-corrected chi connectivity index (χ0v) is 76.7. The number of carbonyl (C=O) groups is 5. The van der Waals surface area contributed by atoms with Crippen LogP contribution in [-0.4, -0.2) is 150 Å². The van der Waals surface area contributed by atoms with Crippen molar-refractivity contribution in [3.8, 4) is 92.3 Å². The van der Waals surface area contributed by atoms with Crippen molar-refractivity contribution in [2.24, 2.45) is 0 Å². The molecule has 0 bridgehead atoms. The standard InChI is InChI=1S/C29H23F2N5O3.C26H25N5O6.C23H19N5O5.C23H19N3O5S/c1-38-26-7-3-6-24(17-26)33-28(37)32-23-12-14-25(15-13-23)36-27(20-4-2-5-22(31)16-20)34-29(35-36)39-18-19-8-10-21(30)11-9-19;1-3-36-14-15-37-26-28-24(18-6-5-9-23(17-18)35-2)30(29-26)21-12-10-20(11-13-21)27-25(32)19-7-4-8-22(16-19)31(33)34;1-32-20-8-4-5-15(14-20)21-25-23(33-2)26-27(21)18-11-9-17(10-12-18)24-22(29)16-6-3-7-19(13-16)28(30)31;1-31-20-10-4-8-18(13-20)25-21(27)14-32-23(25)16-6-2-7-17(11-16)24-22(28)15-5-3-9-19(12-15)26(29)30/h2-17H,18H2,1H3,(H2,32,33,37);4-13,16-17H,3,14-15H2,1-2H3,(H,27,32);3-14H,1-2H3,(H,24,29);2-13,23H,14H2,1H3,(H,24,28). The minimum Gasteiger partial charge on any atom is -0.497 e. The van der Waals surface area contributed by atoms with Gasteiger partial charge in [-0.05, 0) is 194 Å². The lowest BCUT2D eigenvalue weighted by molar-refractivity contribution is -0.385. The first-order chi connectivity index (χ1) is 68.4. The fourth-order valence-corrected chi connectivity index (χ4v) is 15.0. The van der Waals surface area contributed by atoms with Crippen molar-refractivity contribution in [2.45, 2.75) is 18.9 Å². The Morgan fingerprint density at radius 3 is 1.26 bits per heavy atom. The summed E-state index contributed by atoms with van der Waals surface area (Å²) in [6.45, 7) is 3.34. The number of ether oxygens (including phenoxy) is 8. The van der Waals surface area contributed by atoms with Crippen LogP contribution >= 0.6 is 11.8 Å². The Balaban J connectivity index is 0.000000150. The molecule has 1 aliphatic heterocycles. The molecule has 0 saturated carbocycles. The van der Waals surface area contributed by atoms with Gasteiger partial charge in [-0.25, -0.2) is 27.6 Å². The van der Waals surface area contributed by atoms with E-state index in [-0.39, 0.29) is 75.5 Å². The number of urea groups is 1. The lowest BCUT2D eigenvalue weighted by Gasteiger charge is -2.25. The fraction of sp³-hybridized carbons (Fsp3) is 0.119. The van der Waals surface area contributed by atoms with Gasteiger partial charge in [-0.1, -0.05) is 91.0 Å². The number of amides is 6. The van der Waals surface area contributed by atoms with Gasteiger partial charge >= 0.3 is 24.1 Å². The van der Waals surface area contributed by atoms with Crippen molar-refractivity contribution in [3.05, 3.63) is 385 Å². The van der Waals surface area contributed by atoms with E-state index in [1.54, 1.807) is 182 Å². The fourth-order valence-electron chi connectivity index (χ4n) is 13.8. The maximum absolute atomic E-state index is 14.0. The summed E-state index contributed by atoms with van der Waals surface area (Å²) >= 11 is 1.50. The minimum atomic E-state index is -0.544. The van der Waals surface area contributed by atoms with E-state index in [1.165, 1.54) is 121 Å². The maximum Gasteiger partial charge on any atom is 0.336 e. The lowest BCUT2D eigenvalue weighted by Crippen LogP contribution is -2.27. The van der Waals surface area contributed by atoms with Crippen LogP contribution in [0.4, 0.5) is 64.8 Å². The number of rotatable bonds is 32. The van der Waals surface area contributed by atoms with Gasteiger partial charge in [0.15, 0.2) is 17.5 Å². The van der Waals surface area contributed by atoms with Gasteiger partial charge in [-0.15, -0.1) is 27.1 Å². The van der Waals surface area contributed by atoms with Crippen LogP contribution in [0.2, 0.25) is 0 Å².